The average molecular weight is 343 g/mol. The van der Waals surface area contributed by atoms with Crippen LogP contribution in [0.3, 0.4) is 0 Å². The summed E-state index contributed by atoms with van der Waals surface area (Å²) in [4.78, 5) is 12.5. The molecule has 0 saturated heterocycles. The van der Waals surface area contributed by atoms with Crippen LogP contribution in [0.1, 0.15) is 0 Å². The predicted molar refractivity (Wildman–Crippen MR) is 89.3 cm³/mol. The number of hydrogen-bond donors (Lipinski definition) is 0. The minimum atomic E-state index is 0. The van der Waals surface area contributed by atoms with Crippen LogP contribution in [0.15, 0.2) is 9.98 Å². The zero-order valence-electron chi connectivity index (χ0n) is 11.4. The predicted octanol–water partition coefficient (Wildman–Crippen LogP) is 2.13. The fraction of sp³-hybridized carbons (Fsp3) is 0.800. The van der Waals surface area contributed by atoms with Crippen LogP contribution in [0.2, 0.25) is 0 Å². The summed E-state index contributed by atoms with van der Waals surface area (Å²) >= 11 is 3.55. The maximum atomic E-state index is 4.22. The van der Waals surface area contributed by atoms with Gasteiger partial charge in [-0.05, 0) is 0 Å². The molecule has 0 aromatic rings. The quantitative estimate of drug-likeness (QED) is 0.446. The molecule has 7 heteroatoms. The Bertz CT molecular complexity index is 229. The molecule has 0 aliphatic rings. The Hall–Kier alpha value is 0.120. The maximum absolute atomic E-state index is 4.22. The van der Waals surface area contributed by atoms with Crippen molar-refractivity contribution in [2.24, 2.45) is 9.98 Å². The molecule has 0 rings (SSSR count). The fourth-order valence-corrected chi connectivity index (χ4v) is 2.86. The Labute approximate surface area is 124 Å². The van der Waals surface area contributed by atoms with E-state index in [1.54, 1.807) is 23.5 Å². The van der Waals surface area contributed by atoms with E-state index in [1.165, 1.54) is 0 Å². The number of halogens is 1. The summed E-state index contributed by atoms with van der Waals surface area (Å²) in [5, 5.41) is 2.14. The molecule has 0 heterocycles. The number of aliphatic imine (C=N–C) groups is 2. The first-order valence-electron chi connectivity index (χ1n) is 5.06. The van der Waals surface area contributed by atoms with E-state index in [1.807, 2.05) is 52.1 Å². The van der Waals surface area contributed by atoms with E-state index < -0.39 is 0 Å². The third-order valence-corrected chi connectivity index (χ3v) is 4.38. The molecule has 0 aromatic carbocycles. The molecule has 0 unspecified atom stereocenters. The first-order chi connectivity index (χ1) is 7.52. The van der Waals surface area contributed by atoms with Gasteiger partial charge < -0.3 is 9.80 Å². The van der Waals surface area contributed by atoms with Crippen molar-refractivity contribution < 1.29 is 0 Å². The van der Waals surface area contributed by atoms with Gasteiger partial charge in [-0.2, -0.15) is 0 Å². The van der Waals surface area contributed by atoms with Gasteiger partial charge in [0.25, 0.3) is 0 Å². The van der Waals surface area contributed by atoms with Crippen molar-refractivity contribution in [3.8, 4) is 0 Å². The maximum Gasteiger partial charge on any atom is 0.158 e. The summed E-state index contributed by atoms with van der Waals surface area (Å²) < 4.78 is 0. The van der Waals surface area contributed by atoms with Crippen LogP contribution in [0.25, 0.3) is 0 Å². The number of nitrogens with zero attached hydrogens (tertiary/aromatic N) is 4. The average Bonchev–Trinajstić information content (AvgIpc) is 2.22. The summed E-state index contributed by atoms with van der Waals surface area (Å²) in [6, 6.07) is 0. The smallest absolute Gasteiger partial charge is 0.158 e. The number of rotatable bonds is 3. The van der Waals surface area contributed by atoms with Crippen LogP contribution in [0, 0.1) is 0 Å². The van der Waals surface area contributed by atoms with Gasteiger partial charge in [-0.25, -0.2) is 0 Å². The van der Waals surface area contributed by atoms with Gasteiger partial charge in [0.2, 0.25) is 0 Å². The fourth-order valence-electron chi connectivity index (χ4n) is 1.05. The van der Waals surface area contributed by atoms with Crippen molar-refractivity contribution in [3.05, 3.63) is 0 Å². The minimum Gasteiger partial charge on any atom is -0.358 e. The molecule has 0 aliphatic carbocycles. The van der Waals surface area contributed by atoms with Crippen molar-refractivity contribution in [3.63, 3.8) is 0 Å². The number of amidine groups is 2. The Morgan fingerprint density at radius 3 is 1.29 bits per heavy atom. The van der Waals surface area contributed by atoms with Crippen LogP contribution in [0.4, 0.5) is 0 Å². The van der Waals surface area contributed by atoms with Crippen molar-refractivity contribution in [2.45, 2.75) is 0 Å². The summed E-state index contributed by atoms with van der Waals surface area (Å²) in [5.74, 6) is 2.09. The summed E-state index contributed by atoms with van der Waals surface area (Å²) in [6.07, 6.45) is 0. The normalized spacial score (nSPS) is 12.1. The molecule has 0 aromatic heterocycles. The Kier molecular flexibility index (Phi) is 12.8. The van der Waals surface area contributed by atoms with Gasteiger partial charge >= 0.3 is 0 Å². The van der Waals surface area contributed by atoms with Crippen LogP contribution in [0.5, 0.6) is 0 Å². The lowest BCUT2D eigenvalue weighted by molar-refractivity contribution is 0.635. The van der Waals surface area contributed by atoms with E-state index in [2.05, 4.69) is 9.98 Å². The van der Waals surface area contributed by atoms with Gasteiger partial charge in [-0.15, -0.1) is 17.0 Å². The number of hydrogen-bond acceptors (Lipinski definition) is 4. The summed E-state index contributed by atoms with van der Waals surface area (Å²) in [7, 11) is 11.7. The van der Waals surface area contributed by atoms with Gasteiger partial charge in [0.05, 0.1) is 0 Å². The van der Waals surface area contributed by atoms with Gasteiger partial charge in [-0.3, -0.25) is 9.98 Å². The molecule has 0 N–H and O–H groups in total. The molecule has 0 spiro atoms. The molecule has 0 aliphatic heterocycles. The molecule has 0 bridgehead atoms. The van der Waals surface area contributed by atoms with E-state index >= 15 is 0 Å². The summed E-state index contributed by atoms with van der Waals surface area (Å²) in [6.45, 7) is 0. The van der Waals surface area contributed by atoms with E-state index in [9.17, 15) is 0 Å². The third-order valence-electron chi connectivity index (χ3n) is 1.69. The topological polar surface area (TPSA) is 31.2 Å². The monoisotopic (exact) mass is 342 g/mol. The lowest BCUT2D eigenvalue weighted by Gasteiger charge is -2.16. The largest absolute Gasteiger partial charge is 0.358 e. The molecule has 17 heavy (non-hydrogen) atoms. The molecule has 0 saturated carbocycles. The molecule has 0 radical (unpaired) electrons. The lowest BCUT2D eigenvalue weighted by atomic mass is 10.9. The molecule has 0 fully saturated rings. The molecular weight excluding hydrogens is 320 g/mol. The third kappa shape index (κ3) is 8.79. The van der Waals surface area contributed by atoms with Gasteiger partial charge in [-0.1, -0.05) is 23.5 Å². The van der Waals surface area contributed by atoms with Crippen molar-refractivity contribution in [1.82, 2.24) is 9.80 Å². The molecular formula is C10H23BrN4S2. The first-order valence-corrected chi connectivity index (χ1v) is 7.03. The highest BCUT2D eigenvalue weighted by molar-refractivity contribution is 8.93. The zero-order chi connectivity index (χ0) is 12.6. The zero-order valence-corrected chi connectivity index (χ0v) is 14.8. The second-order valence-corrected chi connectivity index (χ2v) is 5.62. The highest BCUT2D eigenvalue weighted by Gasteiger charge is 2.04. The van der Waals surface area contributed by atoms with Crippen molar-refractivity contribution in [1.29, 1.82) is 0 Å². The lowest BCUT2D eigenvalue weighted by Crippen LogP contribution is -2.21. The molecule has 102 valence electrons. The van der Waals surface area contributed by atoms with Gasteiger partial charge in [0, 0.05) is 53.8 Å². The Morgan fingerprint density at radius 1 is 0.824 bits per heavy atom. The second kappa shape index (κ2) is 11.2. The van der Waals surface area contributed by atoms with E-state index in [0.717, 1.165) is 21.8 Å². The first kappa shape index (κ1) is 19.5. The number of thioether (sulfide) groups is 2. The molecule has 4 nitrogen and oxygen atoms in total. The molecule has 0 atom stereocenters. The standard InChI is InChI=1S/C10H22N4S2.BrH/c1-11-9(13(3)4)15-7-8-16-10(12-2)14(5)6;/h7-8H2,1-6H3;1H. The van der Waals surface area contributed by atoms with Crippen LogP contribution >= 0.6 is 40.5 Å². The summed E-state index contributed by atoms with van der Waals surface area (Å²) in [5.41, 5.74) is 0. The SMILES string of the molecule is Br.CN=C(SCCSC(=NC)N(C)C)N(C)C. The van der Waals surface area contributed by atoms with E-state index in [0.29, 0.717) is 0 Å². The van der Waals surface area contributed by atoms with Crippen LogP contribution in [-0.4, -0.2) is 73.9 Å². The Morgan fingerprint density at radius 2 is 1.12 bits per heavy atom. The van der Waals surface area contributed by atoms with Crippen molar-refractivity contribution in [2.75, 3.05) is 53.8 Å². The second-order valence-electron chi connectivity index (χ2n) is 3.50. The minimum absolute atomic E-state index is 0. The molecule has 0 amide bonds. The highest BCUT2D eigenvalue weighted by atomic mass is 79.9. The van der Waals surface area contributed by atoms with Crippen LogP contribution in [-0.2, 0) is 0 Å². The van der Waals surface area contributed by atoms with Gasteiger partial charge in [0.15, 0.2) is 10.3 Å². The Balaban J connectivity index is 0. The van der Waals surface area contributed by atoms with Gasteiger partial charge in [0.1, 0.15) is 0 Å². The van der Waals surface area contributed by atoms with E-state index in [-0.39, 0.29) is 17.0 Å². The van der Waals surface area contributed by atoms with Crippen molar-refractivity contribution >= 4 is 50.8 Å². The van der Waals surface area contributed by atoms with E-state index in [4.69, 9.17) is 0 Å². The van der Waals surface area contributed by atoms with Crippen LogP contribution < -0.4 is 0 Å². The highest BCUT2D eigenvalue weighted by Crippen LogP contribution is 2.12.